The second kappa shape index (κ2) is 11.7. The van der Waals surface area contributed by atoms with Crippen molar-refractivity contribution in [3.05, 3.63) is 46.2 Å². The molecule has 0 aliphatic heterocycles. The Hall–Kier alpha value is -2.37. The van der Waals surface area contributed by atoms with Crippen LogP contribution in [0.4, 0.5) is 5.13 Å². The van der Waals surface area contributed by atoms with Crippen LogP contribution >= 0.6 is 34.9 Å². The summed E-state index contributed by atoms with van der Waals surface area (Å²) in [5.74, 6) is 1.08. The number of esters is 1. The molecule has 0 saturated heterocycles. The van der Waals surface area contributed by atoms with Crippen molar-refractivity contribution in [3.8, 4) is 0 Å². The third-order valence-corrected chi connectivity index (χ3v) is 7.43. The van der Waals surface area contributed by atoms with Gasteiger partial charge >= 0.3 is 5.97 Å². The first kappa shape index (κ1) is 25.3. The van der Waals surface area contributed by atoms with Crippen molar-refractivity contribution in [2.75, 3.05) is 11.1 Å². The fourth-order valence-electron chi connectivity index (χ4n) is 2.82. The SMILES string of the molecule is CCn1c(CSc2ccc(C)cc2)nnc1SCC(=O)Nc1nc(C)c(C(=O)OC(C)C)s1. The van der Waals surface area contributed by atoms with E-state index >= 15 is 0 Å². The third-order valence-electron chi connectivity index (χ3n) is 4.40. The zero-order valence-electron chi connectivity index (χ0n) is 19.2. The molecule has 1 N–H and O–H groups in total. The Morgan fingerprint density at radius 2 is 1.88 bits per heavy atom. The fourth-order valence-corrected chi connectivity index (χ4v) is 5.35. The Morgan fingerprint density at radius 1 is 1.15 bits per heavy atom. The number of benzene rings is 1. The number of aromatic nitrogens is 4. The molecule has 0 aliphatic rings. The summed E-state index contributed by atoms with van der Waals surface area (Å²) in [7, 11) is 0. The van der Waals surface area contributed by atoms with E-state index in [4.69, 9.17) is 4.74 Å². The maximum Gasteiger partial charge on any atom is 0.350 e. The molecule has 2 heterocycles. The van der Waals surface area contributed by atoms with Gasteiger partial charge in [0, 0.05) is 11.4 Å². The van der Waals surface area contributed by atoms with Gasteiger partial charge in [-0.25, -0.2) is 9.78 Å². The number of ether oxygens (including phenoxy) is 1. The number of rotatable bonds is 10. The normalized spacial score (nSPS) is 11.1. The van der Waals surface area contributed by atoms with Gasteiger partial charge in [0.2, 0.25) is 5.91 Å². The van der Waals surface area contributed by atoms with E-state index in [0.717, 1.165) is 17.2 Å². The van der Waals surface area contributed by atoms with Gasteiger partial charge in [-0.15, -0.1) is 22.0 Å². The van der Waals surface area contributed by atoms with Crippen molar-refractivity contribution in [3.63, 3.8) is 0 Å². The first-order chi connectivity index (χ1) is 15.8. The zero-order valence-corrected chi connectivity index (χ0v) is 21.7. The minimum atomic E-state index is -0.429. The number of aryl methyl sites for hydroxylation is 2. The van der Waals surface area contributed by atoms with E-state index < -0.39 is 5.97 Å². The lowest BCUT2D eigenvalue weighted by Crippen LogP contribution is -2.14. The number of carbonyl (C=O) groups is 2. The average Bonchev–Trinajstić information content (AvgIpc) is 3.33. The minimum Gasteiger partial charge on any atom is -0.459 e. The second-order valence-electron chi connectivity index (χ2n) is 7.47. The zero-order chi connectivity index (χ0) is 24.0. The molecule has 33 heavy (non-hydrogen) atoms. The number of hydrogen-bond donors (Lipinski definition) is 1. The monoisotopic (exact) mass is 505 g/mol. The first-order valence-electron chi connectivity index (χ1n) is 10.5. The molecule has 0 unspecified atom stereocenters. The fraction of sp³-hybridized carbons (Fsp3) is 0.409. The predicted octanol–water partition coefficient (Wildman–Crippen LogP) is 4.96. The second-order valence-corrected chi connectivity index (χ2v) is 10.5. The molecule has 0 aliphatic carbocycles. The number of anilines is 1. The van der Waals surface area contributed by atoms with Crippen LogP contribution in [0.15, 0.2) is 34.3 Å². The highest BCUT2D eigenvalue weighted by Gasteiger charge is 2.19. The van der Waals surface area contributed by atoms with Crippen molar-refractivity contribution in [1.29, 1.82) is 0 Å². The van der Waals surface area contributed by atoms with E-state index in [1.807, 2.05) is 11.5 Å². The molecule has 0 radical (unpaired) electrons. The highest BCUT2D eigenvalue weighted by molar-refractivity contribution is 7.99. The summed E-state index contributed by atoms with van der Waals surface area (Å²) < 4.78 is 7.24. The Labute approximate surface area is 205 Å². The van der Waals surface area contributed by atoms with E-state index in [1.54, 1.807) is 32.5 Å². The van der Waals surface area contributed by atoms with Gasteiger partial charge in [-0.05, 0) is 46.8 Å². The van der Waals surface area contributed by atoms with Gasteiger partial charge in [-0.3, -0.25) is 4.79 Å². The molecule has 2 aromatic heterocycles. The van der Waals surface area contributed by atoms with E-state index in [1.165, 1.54) is 22.2 Å². The topological polar surface area (TPSA) is 99.0 Å². The summed E-state index contributed by atoms with van der Waals surface area (Å²) in [6, 6.07) is 8.38. The first-order valence-corrected chi connectivity index (χ1v) is 13.3. The highest BCUT2D eigenvalue weighted by atomic mass is 32.2. The summed E-state index contributed by atoms with van der Waals surface area (Å²) >= 11 is 4.14. The van der Waals surface area contributed by atoms with Crippen LogP contribution in [0, 0.1) is 13.8 Å². The Morgan fingerprint density at radius 3 is 2.55 bits per heavy atom. The maximum absolute atomic E-state index is 12.5. The van der Waals surface area contributed by atoms with Gasteiger partial charge in [0.25, 0.3) is 0 Å². The molecule has 11 heteroatoms. The van der Waals surface area contributed by atoms with Gasteiger partial charge < -0.3 is 14.6 Å². The molecule has 3 rings (SSSR count). The molecular formula is C22H27N5O3S3. The largest absolute Gasteiger partial charge is 0.459 e. The van der Waals surface area contributed by atoms with Gasteiger partial charge in [-0.2, -0.15) is 0 Å². The quantitative estimate of drug-likeness (QED) is 0.305. The summed E-state index contributed by atoms with van der Waals surface area (Å²) in [5, 5.41) is 12.4. The van der Waals surface area contributed by atoms with Crippen LogP contribution in [0.5, 0.6) is 0 Å². The maximum atomic E-state index is 12.5. The van der Waals surface area contributed by atoms with Crippen LogP contribution in [-0.2, 0) is 21.8 Å². The molecule has 0 bridgehead atoms. The number of thiazole rings is 1. The number of amides is 1. The van der Waals surface area contributed by atoms with Crippen LogP contribution in [0.3, 0.4) is 0 Å². The number of nitrogens with zero attached hydrogens (tertiary/aromatic N) is 4. The number of hydrogen-bond acceptors (Lipinski definition) is 9. The van der Waals surface area contributed by atoms with E-state index in [2.05, 4.69) is 51.7 Å². The van der Waals surface area contributed by atoms with Crippen LogP contribution in [0.2, 0.25) is 0 Å². The molecular weight excluding hydrogens is 478 g/mol. The summed E-state index contributed by atoms with van der Waals surface area (Å²) in [5.41, 5.74) is 1.77. The molecule has 0 spiro atoms. The molecule has 176 valence electrons. The minimum absolute atomic E-state index is 0.160. The molecule has 3 aromatic rings. The molecule has 0 fully saturated rings. The summed E-state index contributed by atoms with van der Waals surface area (Å²) in [6.07, 6.45) is -0.218. The smallest absolute Gasteiger partial charge is 0.350 e. The number of thioether (sulfide) groups is 2. The third kappa shape index (κ3) is 7.05. The van der Waals surface area contributed by atoms with Crippen molar-refractivity contribution >= 4 is 51.9 Å². The average molecular weight is 506 g/mol. The molecule has 8 nitrogen and oxygen atoms in total. The lowest BCUT2D eigenvalue weighted by Gasteiger charge is -2.07. The Bertz CT molecular complexity index is 1110. The molecule has 1 amide bonds. The number of carbonyl (C=O) groups excluding carboxylic acids is 2. The predicted molar refractivity (Wildman–Crippen MR) is 133 cm³/mol. The lowest BCUT2D eigenvalue weighted by atomic mass is 10.2. The van der Waals surface area contributed by atoms with Crippen LogP contribution in [0.25, 0.3) is 0 Å². The van der Waals surface area contributed by atoms with Crippen LogP contribution in [-0.4, -0.2) is 43.5 Å². The Balaban J connectivity index is 1.56. The summed E-state index contributed by atoms with van der Waals surface area (Å²) in [4.78, 5) is 30.4. The van der Waals surface area contributed by atoms with Crippen molar-refractivity contribution in [2.24, 2.45) is 0 Å². The highest BCUT2D eigenvalue weighted by Crippen LogP contribution is 2.26. The standard InChI is InChI=1S/C22H27N5O3S3/c1-6-27-17(11-31-16-9-7-14(4)8-10-16)25-26-22(27)32-12-18(28)24-21-23-15(5)19(33-21)20(29)30-13(2)3/h7-10,13H,6,11-12H2,1-5H3,(H,23,24,28). The van der Waals surface area contributed by atoms with Crippen molar-refractivity contribution < 1.29 is 14.3 Å². The van der Waals surface area contributed by atoms with Crippen molar-refractivity contribution in [2.45, 2.75) is 63.1 Å². The van der Waals surface area contributed by atoms with Crippen LogP contribution < -0.4 is 5.32 Å². The van der Waals surface area contributed by atoms with E-state index in [9.17, 15) is 9.59 Å². The molecule has 0 saturated carbocycles. The lowest BCUT2D eigenvalue weighted by molar-refractivity contribution is -0.113. The van der Waals surface area contributed by atoms with Crippen LogP contribution in [0.1, 0.15) is 47.5 Å². The Kier molecular flexibility index (Phi) is 8.93. The number of nitrogens with one attached hydrogen (secondary N) is 1. The van der Waals surface area contributed by atoms with E-state index in [-0.39, 0.29) is 17.8 Å². The van der Waals surface area contributed by atoms with Gasteiger partial charge in [0.15, 0.2) is 10.3 Å². The van der Waals surface area contributed by atoms with E-state index in [0.29, 0.717) is 33.2 Å². The van der Waals surface area contributed by atoms with Crippen molar-refractivity contribution in [1.82, 2.24) is 19.7 Å². The van der Waals surface area contributed by atoms with Gasteiger partial charge in [-0.1, -0.05) is 40.8 Å². The molecule has 0 atom stereocenters. The summed E-state index contributed by atoms with van der Waals surface area (Å²) in [6.45, 7) is 10.1. The molecule has 1 aromatic carbocycles. The van der Waals surface area contributed by atoms with Gasteiger partial charge in [0.05, 0.1) is 23.3 Å². The van der Waals surface area contributed by atoms with Gasteiger partial charge in [0.1, 0.15) is 10.7 Å².